The van der Waals surface area contributed by atoms with Crippen LogP contribution in [0.4, 0.5) is 11.4 Å². The summed E-state index contributed by atoms with van der Waals surface area (Å²) in [6.45, 7) is -0.331. The Bertz CT molecular complexity index is 1320. The molecule has 0 bridgehead atoms. The predicted octanol–water partition coefficient (Wildman–Crippen LogP) is 4.20. The second-order valence-electron chi connectivity index (χ2n) is 7.30. The van der Waals surface area contributed by atoms with Gasteiger partial charge in [0, 0.05) is 17.9 Å². The number of nitrogens with one attached hydrogen (secondary N) is 1. The fourth-order valence-corrected chi connectivity index (χ4v) is 3.93. The van der Waals surface area contributed by atoms with E-state index in [0.29, 0.717) is 5.69 Å². The Morgan fingerprint density at radius 1 is 0.943 bits per heavy atom. The predicted molar refractivity (Wildman–Crippen MR) is 134 cm³/mol. The molecule has 0 heterocycles. The number of amides is 1. The molecule has 0 aliphatic rings. The average Bonchev–Trinajstić information content (AvgIpc) is 2.88. The van der Waals surface area contributed by atoms with Crippen molar-refractivity contribution >= 4 is 39.4 Å². The first-order chi connectivity index (χ1) is 16.9. The molecule has 35 heavy (non-hydrogen) atoms. The van der Waals surface area contributed by atoms with Crippen LogP contribution in [0.3, 0.4) is 0 Å². The molecule has 178 valence electrons. The first-order valence-electron chi connectivity index (χ1n) is 10.6. The number of sulfonamides is 1. The monoisotopic (exact) mass is 489 g/mol. The van der Waals surface area contributed by atoms with E-state index in [1.165, 1.54) is 35.2 Å². The number of benzene rings is 3. The van der Waals surface area contributed by atoms with Gasteiger partial charge in [-0.3, -0.25) is 9.52 Å². The van der Waals surface area contributed by atoms with E-state index in [1.807, 2.05) is 12.1 Å². The minimum Gasteiger partial charge on any atom is -0.452 e. The van der Waals surface area contributed by atoms with Crippen molar-refractivity contribution in [2.24, 2.45) is 0 Å². The smallest absolute Gasteiger partial charge is 0.338 e. The number of hydrogen-bond donors (Lipinski definition) is 1. The molecule has 0 radical (unpaired) electrons. The van der Waals surface area contributed by atoms with Gasteiger partial charge in [0.15, 0.2) is 6.61 Å². The number of nitriles is 1. The van der Waals surface area contributed by atoms with Crippen molar-refractivity contribution in [2.45, 2.75) is 6.42 Å². The summed E-state index contributed by atoms with van der Waals surface area (Å²) in [7, 11) is -3.75. The zero-order chi connectivity index (χ0) is 25.1. The lowest BCUT2D eigenvalue weighted by molar-refractivity contribution is -0.121. The highest BCUT2D eigenvalue weighted by Gasteiger charge is 2.18. The van der Waals surface area contributed by atoms with Gasteiger partial charge < -0.3 is 9.64 Å². The molecule has 0 spiro atoms. The standard InChI is InChI=1S/C26H23N3O5S/c27-17-7-18-29(24-10-5-2-6-11-24)25(30)20-34-26(31)22-12-14-23(15-13-22)28-35(32,33)19-16-21-8-3-1-4-9-21/h1-6,8-16,19,28H,7,18,20H2/b19-16+. The number of ether oxygens (including phenoxy) is 1. The Labute approximate surface area is 204 Å². The van der Waals surface area contributed by atoms with E-state index in [9.17, 15) is 18.0 Å². The molecule has 1 amide bonds. The third kappa shape index (κ3) is 7.84. The van der Waals surface area contributed by atoms with Crippen LogP contribution >= 0.6 is 0 Å². The summed E-state index contributed by atoms with van der Waals surface area (Å²) in [5, 5.41) is 9.92. The third-order valence-electron chi connectivity index (χ3n) is 4.76. The first-order valence-corrected chi connectivity index (χ1v) is 12.2. The summed E-state index contributed by atoms with van der Waals surface area (Å²) in [5.74, 6) is -1.19. The SMILES string of the molecule is N#CCCN(C(=O)COC(=O)c1ccc(NS(=O)(=O)/C=C/c2ccccc2)cc1)c1ccccc1. The average molecular weight is 490 g/mol. The Hall–Kier alpha value is -4.42. The van der Waals surface area contributed by atoms with Crippen LogP contribution in [0.5, 0.6) is 0 Å². The van der Waals surface area contributed by atoms with Crippen LogP contribution in [0, 0.1) is 11.3 Å². The lowest BCUT2D eigenvalue weighted by Crippen LogP contribution is -2.35. The maximum absolute atomic E-state index is 12.6. The van der Waals surface area contributed by atoms with Gasteiger partial charge in [0.2, 0.25) is 0 Å². The molecule has 0 atom stereocenters. The third-order valence-corrected chi connectivity index (χ3v) is 5.78. The highest BCUT2D eigenvalue weighted by atomic mass is 32.2. The number of rotatable bonds is 10. The number of nitrogens with zero attached hydrogens (tertiary/aromatic N) is 2. The number of para-hydroxylation sites is 1. The van der Waals surface area contributed by atoms with Crippen LogP contribution in [0.15, 0.2) is 90.3 Å². The summed E-state index contributed by atoms with van der Waals surface area (Å²) in [6.07, 6.45) is 1.60. The number of esters is 1. The first kappa shape index (κ1) is 25.2. The van der Waals surface area contributed by atoms with Gasteiger partial charge in [-0.05, 0) is 48.0 Å². The van der Waals surface area contributed by atoms with Gasteiger partial charge in [0.05, 0.1) is 23.5 Å². The molecule has 0 aromatic heterocycles. The van der Waals surface area contributed by atoms with Gasteiger partial charge in [0.1, 0.15) is 0 Å². The summed E-state index contributed by atoms with van der Waals surface area (Å²) in [4.78, 5) is 26.4. The van der Waals surface area contributed by atoms with Crippen LogP contribution in [0.1, 0.15) is 22.3 Å². The molecule has 0 fully saturated rings. The minimum atomic E-state index is -3.75. The van der Waals surface area contributed by atoms with E-state index in [-0.39, 0.29) is 24.2 Å². The van der Waals surface area contributed by atoms with Crippen molar-refractivity contribution < 1.29 is 22.7 Å². The Morgan fingerprint density at radius 2 is 1.57 bits per heavy atom. The lowest BCUT2D eigenvalue weighted by Gasteiger charge is -2.21. The second kappa shape index (κ2) is 12.2. The number of carbonyl (C=O) groups excluding carboxylic acids is 2. The fraction of sp³-hybridized carbons (Fsp3) is 0.115. The van der Waals surface area contributed by atoms with Crippen LogP contribution in [0.25, 0.3) is 6.08 Å². The molecule has 3 aromatic rings. The second-order valence-corrected chi connectivity index (χ2v) is 8.87. The van der Waals surface area contributed by atoms with Crippen molar-refractivity contribution in [3.05, 3.63) is 101 Å². The molecule has 0 saturated carbocycles. The summed E-state index contributed by atoms with van der Waals surface area (Å²) < 4.78 is 32.1. The van der Waals surface area contributed by atoms with Crippen molar-refractivity contribution in [3.63, 3.8) is 0 Å². The summed E-state index contributed by atoms with van der Waals surface area (Å²) in [5.41, 5.74) is 1.76. The van der Waals surface area contributed by atoms with Gasteiger partial charge in [-0.1, -0.05) is 48.5 Å². The number of hydrogen-bond acceptors (Lipinski definition) is 6. The van der Waals surface area contributed by atoms with Gasteiger partial charge in [-0.15, -0.1) is 0 Å². The van der Waals surface area contributed by atoms with Gasteiger partial charge in [-0.25, -0.2) is 13.2 Å². The quantitative estimate of drug-likeness (QED) is 0.427. The number of anilines is 2. The zero-order valence-electron chi connectivity index (χ0n) is 18.7. The largest absolute Gasteiger partial charge is 0.452 e. The Kier molecular flexibility index (Phi) is 8.76. The molecule has 3 aromatic carbocycles. The van der Waals surface area contributed by atoms with Crippen molar-refractivity contribution in [1.29, 1.82) is 5.26 Å². The van der Waals surface area contributed by atoms with E-state index in [1.54, 1.807) is 54.6 Å². The Morgan fingerprint density at radius 3 is 2.20 bits per heavy atom. The fourth-order valence-electron chi connectivity index (χ4n) is 3.06. The topological polar surface area (TPSA) is 117 Å². The highest BCUT2D eigenvalue weighted by molar-refractivity contribution is 7.95. The summed E-state index contributed by atoms with van der Waals surface area (Å²) in [6, 6.07) is 25.4. The maximum atomic E-state index is 12.6. The van der Waals surface area contributed by atoms with E-state index in [2.05, 4.69) is 4.72 Å². The molecule has 0 aliphatic heterocycles. The molecular formula is C26H23N3O5S. The molecule has 0 saturated heterocycles. The lowest BCUT2D eigenvalue weighted by atomic mass is 10.2. The molecular weight excluding hydrogens is 466 g/mol. The molecule has 1 N–H and O–H groups in total. The zero-order valence-corrected chi connectivity index (χ0v) is 19.5. The van der Waals surface area contributed by atoms with E-state index in [0.717, 1.165) is 11.0 Å². The molecule has 3 rings (SSSR count). The minimum absolute atomic E-state index is 0.131. The molecule has 8 nitrogen and oxygen atoms in total. The maximum Gasteiger partial charge on any atom is 0.338 e. The molecule has 0 aliphatic carbocycles. The van der Waals surface area contributed by atoms with Gasteiger partial charge in [-0.2, -0.15) is 5.26 Å². The van der Waals surface area contributed by atoms with Crippen molar-refractivity contribution in [1.82, 2.24) is 0 Å². The highest BCUT2D eigenvalue weighted by Crippen LogP contribution is 2.16. The van der Waals surface area contributed by atoms with Crippen molar-refractivity contribution in [3.8, 4) is 6.07 Å². The molecule has 0 unspecified atom stereocenters. The van der Waals surface area contributed by atoms with Crippen LogP contribution in [0.2, 0.25) is 0 Å². The van der Waals surface area contributed by atoms with Crippen LogP contribution in [-0.2, 0) is 19.6 Å². The van der Waals surface area contributed by atoms with Gasteiger partial charge in [0.25, 0.3) is 15.9 Å². The Balaban J connectivity index is 1.58. The van der Waals surface area contributed by atoms with Crippen LogP contribution in [-0.4, -0.2) is 33.4 Å². The van der Waals surface area contributed by atoms with E-state index in [4.69, 9.17) is 10.00 Å². The van der Waals surface area contributed by atoms with E-state index >= 15 is 0 Å². The van der Waals surface area contributed by atoms with Crippen molar-refractivity contribution in [2.75, 3.05) is 22.8 Å². The molecule has 9 heteroatoms. The number of carbonyl (C=O) groups is 2. The van der Waals surface area contributed by atoms with Crippen LogP contribution < -0.4 is 9.62 Å². The normalized spacial score (nSPS) is 10.9. The van der Waals surface area contributed by atoms with E-state index < -0.39 is 28.5 Å². The van der Waals surface area contributed by atoms with Gasteiger partial charge >= 0.3 is 5.97 Å². The summed E-state index contributed by atoms with van der Waals surface area (Å²) >= 11 is 0.